The first-order valence-electron chi connectivity index (χ1n) is 28.5. The second-order valence-corrected chi connectivity index (χ2v) is 22.5. The second-order valence-electron chi connectivity index (χ2n) is 21.4. The fraction of sp³-hybridized carbons (Fsp3) is 0.0127. The lowest BCUT2D eigenvalue weighted by Gasteiger charge is -2.24. The molecular weight excluding hydrogens is 1090 g/mol. The van der Waals surface area contributed by atoms with E-state index in [0.717, 1.165) is 76.6 Å². The predicted molar refractivity (Wildman–Crippen MR) is 345 cm³/mol. The molecule has 1 aliphatic carbocycles. The highest BCUT2D eigenvalue weighted by molar-refractivity contribution is 7.99. The van der Waals surface area contributed by atoms with E-state index in [-0.39, 0.29) is 17.1 Å². The van der Waals surface area contributed by atoms with Gasteiger partial charge in [-0.15, -0.1) is 0 Å². The van der Waals surface area contributed by atoms with Crippen molar-refractivity contribution < 1.29 is 19.2 Å². The highest BCUT2D eigenvalue weighted by atomic mass is 32.2. The summed E-state index contributed by atoms with van der Waals surface area (Å²) < 4.78 is 0. The minimum Gasteiger partial charge on any atom is -0.293 e. The maximum absolute atomic E-state index is 15.5. The van der Waals surface area contributed by atoms with Gasteiger partial charge in [0, 0.05) is 43.2 Å². The first kappa shape index (κ1) is 53.5. The fourth-order valence-electron chi connectivity index (χ4n) is 12.6. The largest absolute Gasteiger partial charge is 0.293 e. The number of Topliss-reactive ketones (excluding diaryl/α,β-unsaturated/α-hetero) is 2. The third-order valence-electron chi connectivity index (χ3n) is 16.3. The van der Waals surface area contributed by atoms with Gasteiger partial charge in [0.25, 0.3) is 11.8 Å². The molecule has 7 nitrogen and oxygen atoms in total. The summed E-state index contributed by atoms with van der Waals surface area (Å²) >= 11 is 1.59. The average Bonchev–Trinajstić information content (AvgIpc) is 1.78. The molecule has 0 saturated carbocycles. The summed E-state index contributed by atoms with van der Waals surface area (Å²) in [6, 6.07) is 93.6. The van der Waals surface area contributed by atoms with Crippen LogP contribution in [0.25, 0.3) is 89.0 Å². The Morgan fingerprint density at radius 1 is 0.287 bits per heavy atom. The van der Waals surface area contributed by atoms with Crippen molar-refractivity contribution in [3.63, 3.8) is 0 Å². The lowest BCUT2D eigenvalue weighted by Crippen LogP contribution is -2.29. The minimum atomic E-state index is -1.15. The molecule has 1 unspecified atom stereocenters. The Morgan fingerprint density at radius 3 is 0.908 bits per heavy atom. The normalized spacial score (nSPS) is 13.3. The van der Waals surface area contributed by atoms with Crippen LogP contribution in [0.2, 0.25) is 0 Å². The van der Waals surface area contributed by atoms with E-state index < -0.39 is 17.7 Å². The van der Waals surface area contributed by atoms with Gasteiger partial charge in [-0.3, -0.25) is 19.2 Å². The van der Waals surface area contributed by atoms with Crippen LogP contribution in [0.4, 0.5) is 5.69 Å². The van der Waals surface area contributed by atoms with E-state index in [4.69, 9.17) is 0 Å². The van der Waals surface area contributed by atoms with Crippen LogP contribution in [0.15, 0.2) is 289 Å². The molecule has 0 bridgehead atoms. The lowest BCUT2D eigenvalue weighted by molar-refractivity contribution is 0.0884. The number of fused-ring (bicyclic) bond motifs is 2. The van der Waals surface area contributed by atoms with Gasteiger partial charge >= 0.3 is 0 Å². The molecule has 0 spiro atoms. The SMILES string of the molecule is N#Cc1cccc(C2C(=O)c3c(c(-c4ccccc4)c(-c4ccc(Sc5ccc(-c6c(-c7ccccc7)c7c(c(-c8ccccc8)c6-c6ccccc6)C(=O)N(c6cccc(C#N)c6)C7=O)cc5)cc4)c(-c4ccccc4)c3-c3ccccc3)C2=O)c1. The summed E-state index contributed by atoms with van der Waals surface area (Å²) in [4.78, 5) is 64.7. The van der Waals surface area contributed by atoms with Crippen molar-refractivity contribution in [2.45, 2.75) is 15.7 Å². The number of rotatable bonds is 12. The number of nitriles is 2. The van der Waals surface area contributed by atoms with Crippen LogP contribution in [0, 0.1) is 22.7 Å². The van der Waals surface area contributed by atoms with Gasteiger partial charge in [-0.05, 0) is 127 Å². The lowest BCUT2D eigenvalue weighted by atomic mass is 9.77. The van der Waals surface area contributed by atoms with Crippen molar-refractivity contribution in [2.24, 2.45) is 0 Å². The van der Waals surface area contributed by atoms with Gasteiger partial charge in [0.15, 0.2) is 11.6 Å². The Bertz CT molecular complexity index is 4520. The molecule has 8 heteroatoms. The number of ketones is 2. The summed E-state index contributed by atoms with van der Waals surface area (Å²) in [5.41, 5.74) is 15.1. The molecule has 2 amide bonds. The van der Waals surface area contributed by atoms with E-state index in [1.807, 2.05) is 170 Å². The highest BCUT2D eigenvalue weighted by Gasteiger charge is 2.47. The Kier molecular flexibility index (Phi) is 13.9. The highest BCUT2D eigenvalue weighted by Crippen LogP contribution is 2.56. The molecule has 0 saturated heterocycles. The van der Waals surface area contributed by atoms with Crippen LogP contribution in [0.5, 0.6) is 0 Å². The summed E-state index contributed by atoms with van der Waals surface area (Å²) in [7, 11) is 0. The van der Waals surface area contributed by atoms with Gasteiger partial charge < -0.3 is 0 Å². The standard InChI is InChI=1S/C79H47N3O4S/c80-47-49-21-19-35-59(45-49)71-76(83)72-67(53-27-11-3-12-28-53)63(51-23-7-1-8-24-51)65(68(73(72)77(71)84)54-29-13-4-14-30-54)57-37-41-61(42-38-57)87-62-43-39-58(40-44-62)66-64(52-25-9-2-10-26-52)69(55-31-15-5-16-32-55)74-75(70(66)56-33-17-6-18-34-56)79(86)82(78(74)85)60-36-20-22-50(46-60)48-81/h1-46,71H. The Hall–Kier alpha value is -11.6. The number of nitrogens with zero attached hydrogens (tertiary/aromatic N) is 3. The monoisotopic (exact) mass is 1130 g/mol. The van der Waals surface area contributed by atoms with Crippen LogP contribution in [-0.2, 0) is 0 Å². The Morgan fingerprint density at radius 2 is 0.575 bits per heavy atom. The zero-order valence-electron chi connectivity index (χ0n) is 46.5. The number of benzene rings is 12. The number of amides is 2. The van der Waals surface area contributed by atoms with Gasteiger partial charge in [0.2, 0.25) is 0 Å². The summed E-state index contributed by atoms with van der Waals surface area (Å²) in [5.74, 6) is -2.73. The summed E-state index contributed by atoms with van der Waals surface area (Å²) in [6.45, 7) is 0. The van der Waals surface area contributed by atoms with Crippen molar-refractivity contribution in [1.29, 1.82) is 10.5 Å². The molecule has 87 heavy (non-hydrogen) atoms. The number of carbonyl (C=O) groups excluding carboxylic acids is 4. The first-order valence-corrected chi connectivity index (χ1v) is 29.3. The van der Waals surface area contributed by atoms with Gasteiger partial charge in [-0.1, -0.05) is 236 Å². The molecule has 0 N–H and O–H groups in total. The van der Waals surface area contributed by atoms with E-state index in [2.05, 4.69) is 72.8 Å². The van der Waals surface area contributed by atoms with Crippen molar-refractivity contribution in [3.05, 3.63) is 318 Å². The van der Waals surface area contributed by atoms with Crippen LogP contribution in [0.3, 0.4) is 0 Å². The van der Waals surface area contributed by atoms with Crippen LogP contribution >= 0.6 is 11.8 Å². The number of imide groups is 1. The van der Waals surface area contributed by atoms with E-state index in [9.17, 15) is 10.5 Å². The molecule has 12 aromatic carbocycles. The van der Waals surface area contributed by atoms with Crippen molar-refractivity contribution >= 4 is 40.8 Å². The molecule has 14 rings (SSSR count). The number of hydrogen-bond donors (Lipinski definition) is 0. The molecule has 1 aliphatic heterocycles. The smallest absolute Gasteiger partial charge is 0.266 e. The zero-order chi connectivity index (χ0) is 59.1. The molecule has 0 radical (unpaired) electrons. The van der Waals surface area contributed by atoms with E-state index >= 15 is 19.2 Å². The van der Waals surface area contributed by atoms with Crippen LogP contribution in [0.1, 0.15) is 64.0 Å². The molecule has 2 aliphatic rings. The van der Waals surface area contributed by atoms with Crippen molar-refractivity contribution in [1.82, 2.24) is 0 Å². The molecule has 0 aromatic heterocycles. The van der Waals surface area contributed by atoms with Crippen molar-refractivity contribution in [3.8, 4) is 101 Å². The number of anilines is 1. The summed E-state index contributed by atoms with van der Waals surface area (Å²) in [6.07, 6.45) is 0. The van der Waals surface area contributed by atoms with Crippen LogP contribution < -0.4 is 4.90 Å². The van der Waals surface area contributed by atoms with Gasteiger partial charge in [0.05, 0.1) is 40.1 Å². The Labute approximate surface area is 507 Å². The maximum atomic E-state index is 15.5. The molecular formula is C79H47N3O4S. The molecule has 0 fully saturated rings. The van der Waals surface area contributed by atoms with E-state index in [1.54, 1.807) is 60.3 Å². The van der Waals surface area contributed by atoms with Gasteiger partial charge in [-0.2, -0.15) is 10.5 Å². The van der Waals surface area contributed by atoms with Gasteiger partial charge in [-0.25, -0.2) is 4.90 Å². The maximum Gasteiger partial charge on any atom is 0.266 e. The van der Waals surface area contributed by atoms with Crippen molar-refractivity contribution in [2.75, 3.05) is 4.90 Å². The molecule has 1 atom stereocenters. The molecule has 12 aromatic rings. The number of carbonyl (C=O) groups is 4. The quantitative estimate of drug-likeness (QED) is 0.0883. The fourth-order valence-corrected chi connectivity index (χ4v) is 13.5. The second kappa shape index (κ2) is 22.6. The zero-order valence-corrected chi connectivity index (χ0v) is 47.3. The first-order chi connectivity index (χ1) is 42.8. The Balaban J connectivity index is 0.928. The summed E-state index contributed by atoms with van der Waals surface area (Å²) in [5, 5.41) is 19.9. The van der Waals surface area contributed by atoms with Crippen LogP contribution in [-0.4, -0.2) is 23.4 Å². The van der Waals surface area contributed by atoms with E-state index in [0.29, 0.717) is 61.3 Å². The average molecular weight is 1130 g/mol. The van der Waals surface area contributed by atoms with E-state index in [1.165, 1.54) is 4.90 Å². The third-order valence-corrected chi connectivity index (χ3v) is 17.3. The third kappa shape index (κ3) is 9.35. The minimum absolute atomic E-state index is 0.284. The predicted octanol–water partition coefficient (Wildman–Crippen LogP) is 18.9. The topological polar surface area (TPSA) is 119 Å². The number of hydrogen-bond acceptors (Lipinski definition) is 7. The van der Waals surface area contributed by atoms with Gasteiger partial charge in [0.1, 0.15) is 5.92 Å². The molecule has 1 heterocycles. The molecule has 408 valence electrons.